The lowest BCUT2D eigenvalue weighted by molar-refractivity contribution is -0.137. The minimum Gasteiger partial charge on any atom is -0.481 e. The van der Waals surface area contributed by atoms with Gasteiger partial charge in [-0.25, -0.2) is 0 Å². The Kier molecular flexibility index (Phi) is 8.92. The summed E-state index contributed by atoms with van der Waals surface area (Å²) in [6.45, 7) is 0. The first-order chi connectivity index (χ1) is 13.4. The van der Waals surface area contributed by atoms with Gasteiger partial charge in [-0.3, -0.25) is 14.4 Å². The highest BCUT2D eigenvalue weighted by molar-refractivity contribution is 8.15. The molecule has 152 valence electrons. The molecule has 2 rings (SSSR count). The number of carboxylic acid groups (broad SMARTS) is 1. The lowest BCUT2D eigenvalue weighted by Gasteiger charge is -2.15. The average Bonchev–Trinajstić information content (AvgIpc) is 3.26. The van der Waals surface area contributed by atoms with Crippen molar-refractivity contribution < 1.29 is 19.5 Å². The molecule has 0 bridgehead atoms. The maximum absolute atomic E-state index is 12.6. The van der Waals surface area contributed by atoms with E-state index in [1.807, 2.05) is 38.6 Å². The van der Waals surface area contributed by atoms with Crippen LogP contribution in [0.3, 0.4) is 0 Å². The molecule has 2 aromatic heterocycles. The molecular formula is C20H26N2O4S2. The number of nitrogens with zero attached hydrogens (tertiary/aromatic N) is 2. The number of aromatic nitrogens is 2. The molecule has 2 aromatic rings. The number of carbonyl (C=O) groups excluding carboxylic acids is 2. The highest BCUT2D eigenvalue weighted by Crippen LogP contribution is 2.27. The number of rotatable bonds is 11. The zero-order valence-corrected chi connectivity index (χ0v) is 17.8. The third-order valence-electron chi connectivity index (χ3n) is 4.42. The Morgan fingerprint density at radius 3 is 2.11 bits per heavy atom. The summed E-state index contributed by atoms with van der Waals surface area (Å²) in [5, 5.41) is 8.88. The van der Waals surface area contributed by atoms with Crippen LogP contribution in [-0.2, 0) is 18.9 Å². The maximum atomic E-state index is 12.6. The summed E-state index contributed by atoms with van der Waals surface area (Å²) in [5.74, 6) is -0.172. The molecule has 1 unspecified atom stereocenters. The number of carbonyl (C=O) groups is 3. The number of hydrogen-bond acceptors (Lipinski definition) is 5. The molecule has 0 amide bonds. The minimum atomic E-state index is -0.798. The second-order valence-electron chi connectivity index (χ2n) is 6.60. The fourth-order valence-electron chi connectivity index (χ4n) is 2.83. The van der Waals surface area contributed by atoms with Crippen molar-refractivity contribution >= 4 is 39.7 Å². The topological polar surface area (TPSA) is 81.3 Å². The second-order valence-corrected chi connectivity index (χ2v) is 8.94. The van der Waals surface area contributed by atoms with E-state index in [1.165, 1.54) is 23.5 Å². The molecule has 8 heteroatoms. The number of carboxylic acids is 1. The summed E-state index contributed by atoms with van der Waals surface area (Å²) in [5.41, 5.74) is 1.31. The molecule has 0 saturated heterocycles. The van der Waals surface area contributed by atoms with E-state index in [4.69, 9.17) is 5.11 Å². The van der Waals surface area contributed by atoms with Gasteiger partial charge < -0.3 is 14.2 Å². The van der Waals surface area contributed by atoms with Gasteiger partial charge >= 0.3 is 5.97 Å². The Balaban J connectivity index is 1.88. The molecule has 0 spiro atoms. The van der Waals surface area contributed by atoms with E-state index in [2.05, 4.69) is 0 Å². The second kappa shape index (κ2) is 11.2. The highest BCUT2D eigenvalue weighted by Gasteiger charge is 2.19. The summed E-state index contributed by atoms with van der Waals surface area (Å²) in [7, 11) is 3.68. The Morgan fingerprint density at radius 1 is 0.964 bits per heavy atom. The van der Waals surface area contributed by atoms with Gasteiger partial charge in [0, 0.05) is 43.9 Å². The maximum Gasteiger partial charge on any atom is 0.303 e. The molecule has 2 heterocycles. The van der Waals surface area contributed by atoms with E-state index < -0.39 is 5.97 Å². The van der Waals surface area contributed by atoms with Gasteiger partial charge in [-0.15, -0.1) is 0 Å². The molecular weight excluding hydrogens is 396 g/mol. The SMILES string of the molecule is Cn1cccc1C(=O)SCCC(CCCCC(=O)O)SC(=O)c1cccn1C. The first kappa shape index (κ1) is 22.4. The lowest BCUT2D eigenvalue weighted by atomic mass is 10.1. The van der Waals surface area contributed by atoms with Gasteiger partial charge in [0.05, 0.1) is 11.4 Å². The van der Waals surface area contributed by atoms with E-state index in [9.17, 15) is 14.4 Å². The molecule has 0 aliphatic rings. The largest absolute Gasteiger partial charge is 0.481 e. The first-order valence-corrected chi connectivity index (χ1v) is 11.1. The monoisotopic (exact) mass is 422 g/mol. The van der Waals surface area contributed by atoms with Crippen molar-refractivity contribution in [1.82, 2.24) is 9.13 Å². The van der Waals surface area contributed by atoms with Crippen LogP contribution in [0.2, 0.25) is 0 Å². The fourth-order valence-corrected chi connectivity index (χ4v) is 5.08. The minimum absolute atomic E-state index is 0.00879. The van der Waals surface area contributed by atoms with Crippen molar-refractivity contribution in [2.75, 3.05) is 5.75 Å². The fraction of sp³-hybridized carbons (Fsp3) is 0.450. The molecule has 0 aliphatic carbocycles. The highest BCUT2D eigenvalue weighted by atomic mass is 32.2. The van der Waals surface area contributed by atoms with Crippen molar-refractivity contribution in [3.8, 4) is 0 Å². The molecule has 28 heavy (non-hydrogen) atoms. The zero-order chi connectivity index (χ0) is 20.5. The molecule has 6 nitrogen and oxygen atoms in total. The van der Waals surface area contributed by atoms with Gasteiger partial charge in [0.25, 0.3) is 0 Å². The predicted molar refractivity (Wildman–Crippen MR) is 114 cm³/mol. The molecule has 0 aromatic carbocycles. The molecule has 1 N–H and O–H groups in total. The third kappa shape index (κ3) is 6.91. The van der Waals surface area contributed by atoms with Crippen LogP contribution in [0.1, 0.15) is 53.1 Å². The van der Waals surface area contributed by atoms with Crippen molar-refractivity contribution in [3.05, 3.63) is 48.0 Å². The van der Waals surface area contributed by atoms with E-state index in [1.54, 1.807) is 21.3 Å². The van der Waals surface area contributed by atoms with Crippen molar-refractivity contribution in [2.45, 2.75) is 37.4 Å². The van der Waals surface area contributed by atoms with Crippen LogP contribution in [0.4, 0.5) is 0 Å². The van der Waals surface area contributed by atoms with Crippen LogP contribution in [0.25, 0.3) is 0 Å². The molecule has 0 aliphatic heterocycles. The van der Waals surface area contributed by atoms with Crippen LogP contribution in [0, 0.1) is 0 Å². The van der Waals surface area contributed by atoms with Gasteiger partial charge in [-0.1, -0.05) is 29.9 Å². The average molecular weight is 423 g/mol. The summed E-state index contributed by atoms with van der Waals surface area (Å²) < 4.78 is 3.59. The number of unbranched alkanes of at least 4 members (excludes halogenated alkanes) is 1. The van der Waals surface area contributed by atoms with Crippen molar-refractivity contribution in [3.63, 3.8) is 0 Å². The van der Waals surface area contributed by atoms with Crippen molar-refractivity contribution in [1.29, 1.82) is 0 Å². The number of aryl methyl sites for hydroxylation is 2. The standard InChI is InChI=1S/C20H26N2O4S2/c1-21-12-5-8-16(21)19(25)27-14-11-15(7-3-4-10-18(23)24)28-20(26)17-9-6-13-22(17)2/h5-6,8-9,12-13,15H,3-4,7,10-11,14H2,1-2H3,(H,23,24). The van der Waals surface area contributed by atoms with Gasteiger partial charge in [-0.05, 0) is 43.5 Å². The van der Waals surface area contributed by atoms with Crippen LogP contribution in [-0.4, -0.2) is 41.4 Å². The molecule has 0 saturated carbocycles. The molecule has 0 radical (unpaired) electrons. The van der Waals surface area contributed by atoms with E-state index in [0.717, 1.165) is 12.8 Å². The summed E-state index contributed by atoms with van der Waals surface area (Å²) in [6.07, 6.45) is 6.64. The smallest absolute Gasteiger partial charge is 0.303 e. The van der Waals surface area contributed by atoms with Gasteiger partial charge in [0.2, 0.25) is 10.2 Å². The summed E-state index contributed by atoms with van der Waals surface area (Å²) in [6, 6.07) is 7.27. The molecule has 1 atom stereocenters. The zero-order valence-electron chi connectivity index (χ0n) is 16.2. The summed E-state index contributed by atoms with van der Waals surface area (Å²) >= 11 is 2.56. The van der Waals surface area contributed by atoms with Gasteiger partial charge in [-0.2, -0.15) is 0 Å². The summed E-state index contributed by atoms with van der Waals surface area (Å²) in [4.78, 5) is 35.6. The van der Waals surface area contributed by atoms with E-state index >= 15 is 0 Å². The molecule has 0 fully saturated rings. The van der Waals surface area contributed by atoms with Crippen molar-refractivity contribution in [2.24, 2.45) is 14.1 Å². The number of thioether (sulfide) groups is 2. The Hall–Kier alpha value is -1.93. The Labute approximate surface area is 173 Å². The quantitative estimate of drug-likeness (QED) is 0.546. The van der Waals surface area contributed by atoms with Crippen LogP contribution < -0.4 is 0 Å². The van der Waals surface area contributed by atoms with Crippen LogP contribution in [0.5, 0.6) is 0 Å². The first-order valence-electron chi connectivity index (χ1n) is 9.21. The Bertz CT molecular complexity index is 813. The number of aliphatic carboxylic acids is 1. The van der Waals surface area contributed by atoms with Gasteiger partial charge in [0.15, 0.2) is 0 Å². The Morgan fingerprint density at radius 2 is 1.57 bits per heavy atom. The predicted octanol–water partition coefficient (Wildman–Crippen LogP) is 4.21. The lowest BCUT2D eigenvalue weighted by Crippen LogP contribution is -2.12. The third-order valence-corrected chi connectivity index (χ3v) is 6.56. The van der Waals surface area contributed by atoms with Gasteiger partial charge in [0.1, 0.15) is 0 Å². The van der Waals surface area contributed by atoms with Crippen LogP contribution >= 0.6 is 23.5 Å². The number of hydrogen-bond donors (Lipinski definition) is 1. The van der Waals surface area contributed by atoms with E-state index in [-0.39, 0.29) is 21.9 Å². The van der Waals surface area contributed by atoms with Crippen LogP contribution in [0.15, 0.2) is 36.7 Å². The normalized spacial score (nSPS) is 12.1. The van der Waals surface area contributed by atoms with E-state index in [0.29, 0.717) is 30.0 Å².